The van der Waals surface area contributed by atoms with E-state index >= 15 is 0 Å². The Bertz CT molecular complexity index is 161. The topological polar surface area (TPSA) is 12.0 Å². The van der Waals surface area contributed by atoms with Gasteiger partial charge in [-0.3, -0.25) is 0 Å². The molecular formula is C16H33N. The molecule has 0 heterocycles. The summed E-state index contributed by atoms with van der Waals surface area (Å²) in [4.78, 5) is 0. The van der Waals surface area contributed by atoms with Gasteiger partial charge in [-0.05, 0) is 32.2 Å². The summed E-state index contributed by atoms with van der Waals surface area (Å²) in [5, 5.41) is 3.57. The molecule has 1 N–H and O–H groups in total. The second-order valence-electron chi connectivity index (χ2n) is 5.85. The first-order valence-electron chi connectivity index (χ1n) is 8.05. The predicted octanol–water partition coefficient (Wildman–Crippen LogP) is 4.91. The molecule has 0 bridgehead atoms. The maximum atomic E-state index is 3.57. The van der Waals surface area contributed by atoms with Gasteiger partial charge in [-0.15, -0.1) is 0 Å². The van der Waals surface area contributed by atoms with Gasteiger partial charge in [0.15, 0.2) is 0 Å². The summed E-state index contributed by atoms with van der Waals surface area (Å²) < 4.78 is 0. The van der Waals surface area contributed by atoms with Gasteiger partial charge in [-0.2, -0.15) is 0 Å². The summed E-state index contributed by atoms with van der Waals surface area (Å²) in [7, 11) is 2.16. The lowest BCUT2D eigenvalue weighted by Crippen LogP contribution is -2.34. The van der Waals surface area contributed by atoms with Crippen LogP contribution in [0, 0.1) is 5.92 Å². The standard InChI is InChI=1S/C16H33N/c1-3-4-5-6-7-11-14-16(17-2)15-12-9-8-10-13-15/h15-17H,3-14H2,1-2H3. The highest BCUT2D eigenvalue weighted by Gasteiger charge is 2.21. The van der Waals surface area contributed by atoms with Crippen LogP contribution in [0.2, 0.25) is 0 Å². The maximum absolute atomic E-state index is 3.57. The molecule has 1 aliphatic rings. The van der Waals surface area contributed by atoms with Crippen molar-refractivity contribution in [1.29, 1.82) is 0 Å². The van der Waals surface area contributed by atoms with E-state index in [9.17, 15) is 0 Å². The predicted molar refractivity (Wildman–Crippen MR) is 77.4 cm³/mol. The zero-order chi connectivity index (χ0) is 12.3. The number of hydrogen-bond donors (Lipinski definition) is 1. The van der Waals surface area contributed by atoms with Crippen LogP contribution in [0.5, 0.6) is 0 Å². The molecule has 0 aromatic heterocycles. The van der Waals surface area contributed by atoms with E-state index in [0.29, 0.717) is 0 Å². The van der Waals surface area contributed by atoms with E-state index in [2.05, 4.69) is 19.3 Å². The summed E-state index contributed by atoms with van der Waals surface area (Å²) in [6.07, 6.45) is 17.4. The Morgan fingerprint density at radius 3 is 2.24 bits per heavy atom. The second-order valence-corrected chi connectivity index (χ2v) is 5.85. The quantitative estimate of drug-likeness (QED) is 0.564. The van der Waals surface area contributed by atoms with Crippen LogP contribution in [0.15, 0.2) is 0 Å². The molecule has 1 nitrogen and oxygen atoms in total. The molecule has 0 spiro atoms. The normalized spacial score (nSPS) is 19.4. The molecule has 102 valence electrons. The lowest BCUT2D eigenvalue weighted by atomic mass is 9.82. The van der Waals surface area contributed by atoms with Gasteiger partial charge in [0.1, 0.15) is 0 Å². The summed E-state index contributed by atoms with van der Waals surface area (Å²) in [6, 6.07) is 0.807. The second kappa shape index (κ2) is 9.94. The largest absolute Gasteiger partial charge is 0.317 e. The van der Waals surface area contributed by atoms with Gasteiger partial charge < -0.3 is 5.32 Å². The molecule has 1 fully saturated rings. The third-order valence-electron chi connectivity index (χ3n) is 4.46. The highest BCUT2D eigenvalue weighted by molar-refractivity contribution is 4.78. The monoisotopic (exact) mass is 239 g/mol. The Labute approximate surface area is 109 Å². The molecule has 1 rings (SSSR count). The van der Waals surface area contributed by atoms with Crippen molar-refractivity contribution in [2.45, 2.75) is 90.0 Å². The number of unbranched alkanes of at least 4 members (excludes halogenated alkanes) is 5. The molecule has 1 heteroatoms. The molecule has 17 heavy (non-hydrogen) atoms. The summed E-state index contributed by atoms with van der Waals surface area (Å²) in [5.74, 6) is 0.976. The van der Waals surface area contributed by atoms with Gasteiger partial charge >= 0.3 is 0 Å². The van der Waals surface area contributed by atoms with E-state index < -0.39 is 0 Å². The van der Waals surface area contributed by atoms with Crippen molar-refractivity contribution in [2.24, 2.45) is 5.92 Å². The van der Waals surface area contributed by atoms with E-state index in [4.69, 9.17) is 0 Å². The maximum Gasteiger partial charge on any atom is 0.00923 e. The lowest BCUT2D eigenvalue weighted by molar-refractivity contribution is 0.263. The molecule has 0 saturated heterocycles. The first-order chi connectivity index (χ1) is 8.38. The Morgan fingerprint density at radius 1 is 0.941 bits per heavy atom. The first kappa shape index (κ1) is 15.0. The van der Waals surface area contributed by atoms with Crippen molar-refractivity contribution >= 4 is 0 Å². The van der Waals surface area contributed by atoms with E-state index in [-0.39, 0.29) is 0 Å². The van der Waals surface area contributed by atoms with Crippen molar-refractivity contribution < 1.29 is 0 Å². The highest BCUT2D eigenvalue weighted by Crippen LogP contribution is 2.28. The molecule has 0 aromatic carbocycles. The van der Waals surface area contributed by atoms with Crippen LogP contribution in [0.3, 0.4) is 0 Å². The number of nitrogens with one attached hydrogen (secondary N) is 1. The highest BCUT2D eigenvalue weighted by atomic mass is 14.9. The fraction of sp³-hybridized carbons (Fsp3) is 1.00. The molecule has 0 amide bonds. The van der Waals surface area contributed by atoms with Gasteiger partial charge in [0.2, 0.25) is 0 Å². The third kappa shape index (κ3) is 6.45. The van der Waals surface area contributed by atoms with Crippen LogP contribution in [-0.4, -0.2) is 13.1 Å². The molecule has 0 radical (unpaired) electrons. The average Bonchev–Trinajstić information content (AvgIpc) is 2.39. The zero-order valence-electron chi connectivity index (χ0n) is 12.1. The molecule has 1 atom stereocenters. The minimum Gasteiger partial charge on any atom is -0.317 e. The van der Waals surface area contributed by atoms with Crippen LogP contribution in [0.25, 0.3) is 0 Å². The van der Waals surface area contributed by atoms with Gasteiger partial charge in [0.05, 0.1) is 0 Å². The Kier molecular flexibility index (Phi) is 8.78. The number of rotatable bonds is 9. The van der Waals surface area contributed by atoms with Crippen LogP contribution in [-0.2, 0) is 0 Å². The van der Waals surface area contributed by atoms with Crippen LogP contribution in [0.4, 0.5) is 0 Å². The van der Waals surface area contributed by atoms with Gasteiger partial charge in [-0.1, -0.05) is 64.7 Å². The third-order valence-corrected chi connectivity index (χ3v) is 4.46. The fourth-order valence-corrected chi connectivity index (χ4v) is 3.30. The molecule has 0 aromatic rings. The van der Waals surface area contributed by atoms with Gasteiger partial charge in [0, 0.05) is 6.04 Å². The molecule has 0 aliphatic heterocycles. The number of hydrogen-bond acceptors (Lipinski definition) is 1. The van der Waals surface area contributed by atoms with Crippen molar-refractivity contribution in [3.63, 3.8) is 0 Å². The minimum absolute atomic E-state index is 0.807. The van der Waals surface area contributed by atoms with E-state index in [1.807, 2.05) is 0 Å². The SMILES string of the molecule is CCCCCCCCC(NC)C1CCCCC1. The Morgan fingerprint density at radius 2 is 1.59 bits per heavy atom. The van der Waals surface area contributed by atoms with E-state index in [1.165, 1.54) is 77.0 Å². The Hall–Kier alpha value is -0.0400. The lowest BCUT2D eigenvalue weighted by Gasteiger charge is -2.30. The minimum atomic E-state index is 0.807. The molecular weight excluding hydrogens is 206 g/mol. The van der Waals surface area contributed by atoms with Crippen LogP contribution in [0.1, 0.15) is 84.0 Å². The van der Waals surface area contributed by atoms with Crippen molar-refractivity contribution in [1.82, 2.24) is 5.32 Å². The van der Waals surface area contributed by atoms with Crippen LogP contribution >= 0.6 is 0 Å². The van der Waals surface area contributed by atoms with Gasteiger partial charge in [0.25, 0.3) is 0 Å². The summed E-state index contributed by atoms with van der Waals surface area (Å²) in [5.41, 5.74) is 0. The molecule has 1 unspecified atom stereocenters. The van der Waals surface area contributed by atoms with Gasteiger partial charge in [-0.25, -0.2) is 0 Å². The van der Waals surface area contributed by atoms with E-state index in [1.54, 1.807) is 0 Å². The van der Waals surface area contributed by atoms with Crippen molar-refractivity contribution in [3.05, 3.63) is 0 Å². The Balaban J connectivity index is 2.05. The molecule has 1 saturated carbocycles. The summed E-state index contributed by atoms with van der Waals surface area (Å²) >= 11 is 0. The zero-order valence-corrected chi connectivity index (χ0v) is 12.1. The fourth-order valence-electron chi connectivity index (χ4n) is 3.30. The van der Waals surface area contributed by atoms with Crippen molar-refractivity contribution in [3.8, 4) is 0 Å². The van der Waals surface area contributed by atoms with Crippen LogP contribution < -0.4 is 5.32 Å². The van der Waals surface area contributed by atoms with E-state index in [0.717, 1.165) is 12.0 Å². The molecule has 1 aliphatic carbocycles. The summed E-state index contributed by atoms with van der Waals surface area (Å²) in [6.45, 7) is 2.29. The average molecular weight is 239 g/mol. The van der Waals surface area contributed by atoms with Crippen molar-refractivity contribution in [2.75, 3.05) is 7.05 Å². The smallest absolute Gasteiger partial charge is 0.00923 e. The first-order valence-corrected chi connectivity index (χ1v) is 8.05.